The number of carboxylic acids is 1. The van der Waals surface area contributed by atoms with Gasteiger partial charge in [-0.15, -0.1) is 0 Å². The molecular formula is C19H27NO4. The van der Waals surface area contributed by atoms with Crippen LogP contribution >= 0.6 is 0 Å². The van der Waals surface area contributed by atoms with E-state index in [4.69, 9.17) is 9.47 Å². The van der Waals surface area contributed by atoms with Gasteiger partial charge >= 0.3 is 5.97 Å². The van der Waals surface area contributed by atoms with Crippen molar-refractivity contribution in [3.63, 3.8) is 0 Å². The van der Waals surface area contributed by atoms with Crippen molar-refractivity contribution in [1.29, 1.82) is 0 Å². The lowest BCUT2D eigenvalue weighted by molar-refractivity contribution is -0.145. The highest BCUT2D eigenvalue weighted by Gasteiger charge is 2.41. The number of methoxy groups -OCH3 is 1. The molecule has 0 atom stereocenters. The molecule has 0 radical (unpaired) electrons. The molecule has 1 aromatic rings. The molecule has 132 valence electrons. The number of benzene rings is 1. The molecule has 2 fully saturated rings. The Hall–Kier alpha value is -1.59. The monoisotopic (exact) mass is 333 g/mol. The number of morpholine rings is 1. The molecule has 0 bridgehead atoms. The quantitative estimate of drug-likeness (QED) is 0.898. The van der Waals surface area contributed by atoms with E-state index in [1.807, 2.05) is 12.1 Å². The van der Waals surface area contributed by atoms with Gasteiger partial charge in [0, 0.05) is 25.2 Å². The lowest BCUT2D eigenvalue weighted by Crippen LogP contribution is -2.38. The Bertz CT molecular complexity index is 575. The van der Waals surface area contributed by atoms with Gasteiger partial charge in [0.15, 0.2) is 0 Å². The third-order valence-corrected chi connectivity index (χ3v) is 5.45. The van der Waals surface area contributed by atoms with E-state index in [0.717, 1.165) is 81.8 Å². The maximum Gasteiger partial charge on any atom is 0.314 e. The molecule has 24 heavy (non-hydrogen) atoms. The first kappa shape index (κ1) is 17.2. The minimum absolute atomic E-state index is 0.690. The summed E-state index contributed by atoms with van der Waals surface area (Å²) in [5.74, 6) is 0.145. The highest BCUT2D eigenvalue weighted by atomic mass is 16.5. The van der Waals surface area contributed by atoms with Crippen LogP contribution in [0.25, 0.3) is 0 Å². The summed E-state index contributed by atoms with van der Waals surface area (Å²) >= 11 is 0. The second kappa shape index (κ2) is 7.53. The molecule has 1 aromatic carbocycles. The molecule has 1 aliphatic carbocycles. The van der Waals surface area contributed by atoms with E-state index in [-0.39, 0.29) is 0 Å². The predicted octanol–water partition coefficient (Wildman–Crippen LogP) is 2.81. The Balaban J connectivity index is 1.90. The second-order valence-electron chi connectivity index (χ2n) is 6.86. The van der Waals surface area contributed by atoms with Crippen molar-refractivity contribution in [2.75, 3.05) is 33.4 Å². The van der Waals surface area contributed by atoms with Crippen LogP contribution in [0.4, 0.5) is 0 Å². The molecule has 5 nitrogen and oxygen atoms in total. The molecule has 0 spiro atoms. The molecule has 0 amide bonds. The number of rotatable bonds is 5. The number of hydrogen-bond acceptors (Lipinski definition) is 4. The summed E-state index contributed by atoms with van der Waals surface area (Å²) in [4.78, 5) is 14.4. The summed E-state index contributed by atoms with van der Waals surface area (Å²) in [7, 11) is 1.67. The van der Waals surface area contributed by atoms with E-state index in [0.29, 0.717) is 0 Å². The van der Waals surface area contributed by atoms with Crippen LogP contribution in [0.3, 0.4) is 0 Å². The molecule has 1 N–H and O–H groups in total. The number of aliphatic carboxylic acids is 1. The van der Waals surface area contributed by atoms with Crippen molar-refractivity contribution in [3.05, 3.63) is 29.3 Å². The average molecular weight is 333 g/mol. The average Bonchev–Trinajstić information content (AvgIpc) is 2.63. The van der Waals surface area contributed by atoms with Gasteiger partial charge in [0.25, 0.3) is 0 Å². The van der Waals surface area contributed by atoms with Gasteiger partial charge in [-0.05, 0) is 30.5 Å². The van der Waals surface area contributed by atoms with Crippen molar-refractivity contribution < 1.29 is 19.4 Å². The highest BCUT2D eigenvalue weighted by molar-refractivity contribution is 5.81. The minimum atomic E-state index is -0.732. The summed E-state index contributed by atoms with van der Waals surface area (Å²) in [5.41, 5.74) is 1.27. The SMILES string of the molecule is COc1ccc(C2(C(=O)O)CCCCC2)cc1CN1CCOCC1. The van der Waals surface area contributed by atoms with Crippen molar-refractivity contribution in [1.82, 2.24) is 4.90 Å². The van der Waals surface area contributed by atoms with Crippen LogP contribution in [0.2, 0.25) is 0 Å². The fraction of sp³-hybridized carbons (Fsp3) is 0.632. The lowest BCUT2D eigenvalue weighted by atomic mass is 9.69. The first-order valence-corrected chi connectivity index (χ1v) is 8.86. The van der Waals surface area contributed by atoms with Crippen molar-refractivity contribution >= 4 is 5.97 Å². The fourth-order valence-electron chi connectivity index (χ4n) is 3.98. The van der Waals surface area contributed by atoms with Crippen LogP contribution in [-0.2, 0) is 21.5 Å². The molecule has 0 aromatic heterocycles. The molecule has 2 aliphatic rings. The highest BCUT2D eigenvalue weighted by Crippen LogP contribution is 2.41. The largest absolute Gasteiger partial charge is 0.496 e. The number of carboxylic acid groups (broad SMARTS) is 1. The predicted molar refractivity (Wildman–Crippen MR) is 91.5 cm³/mol. The first-order chi connectivity index (χ1) is 11.7. The van der Waals surface area contributed by atoms with E-state index in [1.54, 1.807) is 7.11 Å². The molecule has 1 saturated heterocycles. The van der Waals surface area contributed by atoms with Gasteiger partial charge in [-0.25, -0.2) is 0 Å². The topological polar surface area (TPSA) is 59.0 Å². The van der Waals surface area contributed by atoms with Gasteiger partial charge < -0.3 is 14.6 Å². The van der Waals surface area contributed by atoms with Gasteiger partial charge in [-0.1, -0.05) is 25.3 Å². The van der Waals surface area contributed by atoms with Crippen LogP contribution in [0.15, 0.2) is 18.2 Å². The third kappa shape index (κ3) is 3.42. The van der Waals surface area contributed by atoms with E-state index < -0.39 is 11.4 Å². The summed E-state index contributed by atoms with van der Waals surface area (Å²) in [6.07, 6.45) is 4.55. The number of hydrogen-bond donors (Lipinski definition) is 1. The van der Waals surface area contributed by atoms with E-state index >= 15 is 0 Å². The molecule has 0 unspecified atom stereocenters. The van der Waals surface area contributed by atoms with Gasteiger partial charge in [0.2, 0.25) is 0 Å². The molecule has 3 rings (SSSR count). The smallest absolute Gasteiger partial charge is 0.314 e. The van der Waals surface area contributed by atoms with Crippen LogP contribution < -0.4 is 4.74 Å². The number of nitrogens with zero attached hydrogens (tertiary/aromatic N) is 1. The Morgan fingerprint density at radius 3 is 2.58 bits per heavy atom. The molecule has 1 saturated carbocycles. The van der Waals surface area contributed by atoms with E-state index in [2.05, 4.69) is 11.0 Å². The van der Waals surface area contributed by atoms with E-state index in [1.165, 1.54) is 0 Å². The Labute approximate surface area is 143 Å². The summed E-state index contributed by atoms with van der Waals surface area (Å²) < 4.78 is 10.9. The molecule has 1 heterocycles. The van der Waals surface area contributed by atoms with Gasteiger partial charge in [0.1, 0.15) is 5.75 Å². The molecule has 1 aliphatic heterocycles. The van der Waals surface area contributed by atoms with Crippen molar-refractivity contribution in [2.24, 2.45) is 0 Å². The van der Waals surface area contributed by atoms with Crippen LogP contribution in [0.5, 0.6) is 5.75 Å². The first-order valence-electron chi connectivity index (χ1n) is 8.86. The van der Waals surface area contributed by atoms with Crippen molar-refractivity contribution in [3.8, 4) is 5.75 Å². The summed E-state index contributed by atoms with van der Waals surface area (Å²) in [6, 6.07) is 5.94. The lowest BCUT2D eigenvalue weighted by Gasteiger charge is -2.34. The maximum atomic E-state index is 12.1. The Morgan fingerprint density at radius 2 is 1.96 bits per heavy atom. The van der Waals surface area contributed by atoms with Gasteiger partial charge in [0.05, 0.1) is 25.7 Å². The Kier molecular flexibility index (Phi) is 5.41. The fourth-order valence-corrected chi connectivity index (χ4v) is 3.98. The van der Waals surface area contributed by atoms with Crippen LogP contribution in [-0.4, -0.2) is 49.4 Å². The van der Waals surface area contributed by atoms with Crippen LogP contribution in [0.1, 0.15) is 43.2 Å². The van der Waals surface area contributed by atoms with Crippen molar-refractivity contribution in [2.45, 2.75) is 44.1 Å². The standard InChI is InChI=1S/C19H27NO4/c1-23-17-6-5-16(19(18(21)22)7-3-2-4-8-19)13-15(17)14-20-9-11-24-12-10-20/h5-6,13H,2-4,7-12,14H2,1H3,(H,21,22). The zero-order valence-corrected chi connectivity index (χ0v) is 14.4. The second-order valence-corrected chi connectivity index (χ2v) is 6.86. The number of ether oxygens (including phenoxy) is 2. The minimum Gasteiger partial charge on any atom is -0.496 e. The zero-order chi connectivity index (χ0) is 17.0. The zero-order valence-electron chi connectivity index (χ0n) is 14.4. The van der Waals surface area contributed by atoms with Crippen LogP contribution in [0, 0.1) is 0 Å². The van der Waals surface area contributed by atoms with Gasteiger partial charge in [-0.3, -0.25) is 9.69 Å². The number of carbonyl (C=O) groups is 1. The summed E-state index contributed by atoms with van der Waals surface area (Å²) in [5, 5.41) is 9.92. The van der Waals surface area contributed by atoms with Gasteiger partial charge in [-0.2, -0.15) is 0 Å². The summed E-state index contributed by atoms with van der Waals surface area (Å²) in [6.45, 7) is 4.08. The molecule has 5 heteroatoms. The molecular weight excluding hydrogens is 306 g/mol. The normalized spacial score (nSPS) is 21.4. The maximum absolute atomic E-state index is 12.1. The Morgan fingerprint density at radius 1 is 1.25 bits per heavy atom. The third-order valence-electron chi connectivity index (χ3n) is 5.45. The van der Waals surface area contributed by atoms with E-state index in [9.17, 15) is 9.90 Å².